The number of hydrogen-bond acceptors (Lipinski definition) is 3. The molecular formula is C17H13F2N3O3. The monoisotopic (exact) mass is 345 g/mol. The molecule has 128 valence electrons. The molecule has 1 unspecified atom stereocenters. The van der Waals surface area contributed by atoms with Gasteiger partial charge < -0.3 is 21.1 Å². The van der Waals surface area contributed by atoms with E-state index in [-0.39, 0.29) is 5.69 Å². The van der Waals surface area contributed by atoms with Crippen LogP contribution in [0.15, 0.2) is 54.3 Å². The fourth-order valence-electron chi connectivity index (χ4n) is 2.40. The highest BCUT2D eigenvalue weighted by atomic mass is 19.1. The number of carbonyl (C=O) groups is 2. The third-order valence-corrected chi connectivity index (χ3v) is 3.56. The van der Waals surface area contributed by atoms with Gasteiger partial charge in [-0.15, -0.1) is 0 Å². The average molecular weight is 345 g/mol. The molecule has 8 heteroatoms. The predicted molar refractivity (Wildman–Crippen MR) is 87.0 cm³/mol. The number of hydrogen-bond donors (Lipinski definition) is 4. The van der Waals surface area contributed by atoms with E-state index in [2.05, 4.69) is 16.0 Å². The first-order valence-corrected chi connectivity index (χ1v) is 7.27. The first kappa shape index (κ1) is 16.4. The molecule has 0 aliphatic carbocycles. The number of aliphatic hydroxyl groups excluding tert-OH is 1. The lowest BCUT2D eigenvalue weighted by Gasteiger charge is -2.17. The van der Waals surface area contributed by atoms with Gasteiger partial charge in [-0.3, -0.25) is 4.79 Å². The highest BCUT2D eigenvalue weighted by molar-refractivity contribution is 6.03. The van der Waals surface area contributed by atoms with Crippen LogP contribution in [-0.4, -0.2) is 17.0 Å². The second kappa shape index (κ2) is 6.60. The molecule has 6 nitrogen and oxygen atoms in total. The van der Waals surface area contributed by atoms with Crippen molar-refractivity contribution in [2.75, 3.05) is 10.6 Å². The number of anilines is 2. The van der Waals surface area contributed by atoms with E-state index < -0.39 is 35.4 Å². The maximum Gasteiger partial charge on any atom is 0.320 e. The molecule has 4 N–H and O–H groups in total. The Morgan fingerprint density at radius 1 is 1.16 bits per heavy atom. The molecule has 0 bridgehead atoms. The molecule has 2 aromatic carbocycles. The number of benzene rings is 2. The third-order valence-electron chi connectivity index (χ3n) is 3.56. The van der Waals surface area contributed by atoms with Gasteiger partial charge in [-0.2, -0.15) is 0 Å². The summed E-state index contributed by atoms with van der Waals surface area (Å²) in [7, 11) is 0. The highest BCUT2D eigenvalue weighted by Gasteiger charge is 2.23. The van der Waals surface area contributed by atoms with E-state index in [9.17, 15) is 23.5 Å². The van der Waals surface area contributed by atoms with Gasteiger partial charge in [0.15, 0.2) is 5.76 Å². The van der Waals surface area contributed by atoms with Crippen LogP contribution in [0.25, 0.3) is 0 Å². The molecule has 2 aromatic rings. The van der Waals surface area contributed by atoms with Crippen molar-refractivity contribution in [1.29, 1.82) is 0 Å². The van der Waals surface area contributed by atoms with Crippen LogP contribution in [0.4, 0.5) is 25.0 Å². The van der Waals surface area contributed by atoms with Crippen molar-refractivity contribution in [3.63, 3.8) is 0 Å². The van der Waals surface area contributed by atoms with E-state index in [1.54, 1.807) is 24.3 Å². The summed E-state index contributed by atoms with van der Waals surface area (Å²) in [5.41, 5.74) is 0.603. The van der Waals surface area contributed by atoms with Gasteiger partial charge in [-0.25, -0.2) is 13.6 Å². The zero-order chi connectivity index (χ0) is 18.0. The molecule has 3 rings (SSSR count). The Labute approximate surface area is 141 Å². The molecule has 0 radical (unpaired) electrons. The summed E-state index contributed by atoms with van der Waals surface area (Å²) in [6, 6.07) is 7.61. The zero-order valence-corrected chi connectivity index (χ0v) is 12.7. The van der Waals surface area contributed by atoms with Crippen molar-refractivity contribution >= 4 is 23.3 Å². The van der Waals surface area contributed by atoms with E-state index in [1.165, 1.54) is 0 Å². The predicted octanol–water partition coefficient (Wildman–Crippen LogP) is 3.22. The first-order valence-electron chi connectivity index (χ1n) is 7.27. The van der Waals surface area contributed by atoms with Crippen molar-refractivity contribution in [2.24, 2.45) is 0 Å². The molecule has 0 spiro atoms. The molecule has 25 heavy (non-hydrogen) atoms. The topological polar surface area (TPSA) is 90.5 Å². The fraction of sp³-hybridized carbons (Fsp3) is 0.0588. The van der Waals surface area contributed by atoms with Gasteiger partial charge in [0.1, 0.15) is 11.6 Å². The summed E-state index contributed by atoms with van der Waals surface area (Å²) in [5, 5.41) is 16.9. The number of urea groups is 1. The molecule has 1 atom stereocenters. The minimum atomic E-state index is -0.855. The van der Waals surface area contributed by atoms with E-state index in [0.717, 1.165) is 24.3 Å². The molecule has 1 aliphatic heterocycles. The number of rotatable bonds is 2. The largest absolute Gasteiger partial charge is 0.503 e. The van der Waals surface area contributed by atoms with Crippen LogP contribution >= 0.6 is 0 Å². The van der Waals surface area contributed by atoms with Crippen molar-refractivity contribution in [2.45, 2.75) is 6.04 Å². The summed E-state index contributed by atoms with van der Waals surface area (Å²) < 4.78 is 26.8. The number of halogens is 2. The SMILES string of the molecule is O=C(Nc1cc(F)ccc1F)NC1C=C(O)C(=O)Nc2ccccc21. The lowest BCUT2D eigenvalue weighted by molar-refractivity contribution is -0.115. The van der Waals surface area contributed by atoms with Crippen molar-refractivity contribution in [1.82, 2.24) is 5.32 Å². The van der Waals surface area contributed by atoms with Gasteiger partial charge in [0.25, 0.3) is 5.91 Å². The van der Waals surface area contributed by atoms with Crippen LogP contribution in [-0.2, 0) is 4.79 Å². The lowest BCUT2D eigenvalue weighted by Crippen LogP contribution is -2.32. The first-order chi connectivity index (χ1) is 11.9. The van der Waals surface area contributed by atoms with Gasteiger partial charge >= 0.3 is 6.03 Å². The van der Waals surface area contributed by atoms with Crippen LogP contribution in [0, 0.1) is 11.6 Å². The van der Waals surface area contributed by atoms with E-state index in [4.69, 9.17) is 0 Å². The van der Waals surface area contributed by atoms with E-state index in [1.807, 2.05) is 0 Å². The minimum absolute atomic E-state index is 0.332. The Morgan fingerprint density at radius 3 is 2.72 bits per heavy atom. The fourth-order valence-corrected chi connectivity index (χ4v) is 2.40. The number of amides is 3. The Bertz CT molecular complexity index is 883. The molecule has 0 fully saturated rings. The smallest absolute Gasteiger partial charge is 0.320 e. The number of nitrogens with one attached hydrogen (secondary N) is 3. The van der Waals surface area contributed by atoms with E-state index in [0.29, 0.717) is 11.3 Å². The van der Waals surface area contributed by atoms with Crippen LogP contribution in [0.5, 0.6) is 0 Å². The second-order valence-electron chi connectivity index (χ2n) is 5.29. The van der Waals surface area contributed by atoms with Gasteiger partial charge in [-0.05, 0) is 24.3 Å². The van der Waals surface area contributed by atoms with Crippen molar-refractivity contribution in [3.05, 3.63) is 71.5 Å². The van der Waals surface area contributed by atoms with E-state index >= 15 is 0 Å². The van der Waals surface area contributed by atoms with Gasteiger partial charge in [0.2, 0.25) is 0 Å². The Balaban J connectivity index is 1.84. The molecule has 1 heterocycles. The zero-order valence-electron chi connectivity index (χ0n) is 12.7. The van der Waals surface area contributed by atoms with Crippen LogP contribution < -0.4 is 16.0 Å². The second-order valence-corrected chi connectivity index (χ2v) is 5.29. The third kappa shape index (κ3) is 3.57. The van der Waals surface area contributed by atoms with Crippen LogP contribution in [0.1, 0.15) is 11.6 Å². The quantitative estimate of drug-likeness (QED) is 0.674. The summed E-state index contributed by atoms with van der Waals surface area (Å²) in [5.74, 6) is -2.79. The summed E-state index contributed by atoms with van der Waals surface area (Å²) in [6.45, 7) is 0. The molecule has 0 saturated heterocycles. The standard InChI is InChI=1S/C17H13F2N3O3/c18-9-5-6-11(19)14(7-9)22-17(25)21-13-8-15(23)16(24)20-12-4-2-1-3-10(12)13/h1-8,13,23H,(H,20,24)(H2,21,22,25). The average Bonchev–Trinajstić information content (AvgIpc) is 2.68. The normalized spacial score (nSPS) is 16.2. The molecular weight excluding hydrogens is 332 g/mol. The Kier molecular flexibility index (Phi) is 4.34. The molecule has 3 amide bonds. The van der Waals surface area contributed by atoms with Gasteiger partial charge in [-0.1, -0.05) is 18.2 Å². The number of para-hydroxylation sites is 1. The molecule has 0 aromatic heterocycles. The Morgan fingerprint density at radius 2 is 1.92 bits per heavy atom. The maximum atomic E-state index is 13.6. The van der Waals surface area contributed by atoms with Crippen molar-refractivity contribution < 1.29 is 23.5 Å². The van der Waals surface area contributed by atoms with Gasteiger partial charge in [0, 0.05) is 17.3 Å². The van der Waals surface area contributed by atoms with Crippen molar-refractivity contribution in [3.8, 4) is 0 Å². The minimum Gasteiger partial charge on any atom is -0.503 e. The number of carbonyl (C=O) groups excluding carboxylic acids is 2. The van der Waals surface area contributed by atoms with Crippen LogP contribution in [0.3, 0.4) is 0 Å². The summed E-state index contributed by atoms with van der Waals surface area (Å²) in [4.78, 5) is 23.9. The highest BCUT2D eigenvalue weighted by Crippen LogP contribution is 2.28. The van der Waals surface area contributed by atoms with Gasteiger partial charge in [0.05, 0.1) is 11.7 Å². The summed E-state index contributed by atoms with van der Waals surface area (Å²) in [6.07, 6.45) is 1.16. The van der Waals surface area contributed by atoms with Crippen LogP contribution in [0.2, 0.25) is 0 Å². The summed E-state index contributed by atoms with van der Waals surface area (Å²) >= 11 is 0. The molecule has 0 saturated carbocycles. The maximum absolute atomic E-state index is 13.6. The number of fused-ring (bicyclic) bond motifs is 1. The Hall–Kier alpha value is -3.42. The number of aliphatic hydroxyl groups is 1. The molecule has 1 aliphatic rings. The lowest BCUT2D eigenvalue weighted by atomic mass is 10.1.